The molecule has 1 aromatic rings. The van der Waals surface area contributed by atoms with Crippen molar-refractivity contribution in [3.05, 3.63) is 22.4 Å². The van der Waals surface area contributed by atoms with Crippen LogP contribution in [0.2, 0.25) is 0 Å². The highest BCUT2D eigenvalue weighted by Gasteiger charge is 2.11. The normalized spacial score (nSPS) is 29.4. The number of ether oxygens (including phenoxy) is 1. The van der Waals surface area contributed by atoms with Crippen LogP contribution in [-0.2, 0) is 6.54 Å². The lowest BCUT2D eigenvalue weighted by Gasteiger charge is -2.06. The number of rotatable bonds is 0. The second-order valence-electron chi connectivity index (χ2n) is 2.29. The summed E-state index contributed by atoms with van der Waals surface area (Å²) in [5, 5.41) is 2.47. The third-order valence-corrected chi connectivity index (χ3v) is 2.06. The minimum Gasteiger partial charge on any atom is -0.491 e. The van der Waals surface area contributed by atoms with Crippen LogP contribution in [-0.4, -0.2) is 18.0 Å². The zero-order valence-electron chi connectivity index (χ0n) is 10.1. The molecule has 0 saturated heterocycles. The Kier molecular flexibility index (Phi) is 1.30. The minimum atomic E-state index is -2.44. The molecular formula is C8H9BrN2O. The van der Waals surface area contributed by atoms with Crippen molar-refractivity contribution in [3.63, 3.8) is 0 Å². The molecule has 2 heterocycles. The molecule has 0 fully saturated rings. The van der Waals surface area contributed by atoms with Crippen LogP contribution in [0.1, 0.15) is 11.0 Å². The number of halogens is 1. The highest BCUT2D eigenvalue weighted by molar-refractivity contribution is 9.10. The van der Waals surface area contributed by atoms with Crippen LogP contribution >= 0.6 is 15.9 Å². The first-order valence-electron chi connectivity index (χ1n) is 5.40. The summed E-state index contributed by atoms with van der Waals surface area (Å²) in [7, 11) is 0. The van der Waals surface area contributed by atoms with Gasteiger partial charge in [0, 0.05) is 33.7 Å². The van der Waals surface area contributed by atoms with Gasteiger partial charge in [-0.3, -0.25) is 4.98 Å². The van der Waals surface area contributed by atoms with E-state index in [0.717, 1.165) is 0 Å². The van der Waals surface area contributed by atoms with E-state index in [-0.39, 0.29) is 12.3 Å². The van der Waals surface area contributed by atoms with Crippen molar-refractivity contribution >= 4 is 15.9 Å². The lowest BCUT2D eigenvalue weighted by Crippen LogP contribution is -2.16. The third kappa shape index (κ3) is 1.44. The average Bonchev–Trinajstić information content (AvgIpc) is 2.26. The summed E-state index contributed by atoms with van der Waals surface area (Å²) < 4.78 is 35.8. The Bertz CT molecular complexity index is 426. The zero-order chi connectivity index (χ0) is 12.0. The molecule has 0 saturated carbocycles. The van der Waals surface area contributed by atoms with Crippen LogP contribution in [0.4, 0.5) is 0 Å². The molecule has 0 aliphatic carbocycles. The van der Waals surface area contributed by atoms with Crippen molar-refractivity contribution in [1.82, 2.24) is 10.3 Å². The van der Waals surface area contributed by atoms with Crippen molar-refractivity contribution in [2.24, 2.45) is 0 Å². The van der Waals surface area contributed by atoms with E-state index in [1.165, 1.54) is 12.4 Å². The Morgan fingerprint density at radius 2 is 2.58 bits per heavy atom. The van der Waals surface area contributed by atoms with E-state index >= 15 is 0 Å². The number of nitrogens with one attached hydrogen (secondary N) is 1. The summed E-state index contributed by atoms with van der Waals surface area (Å²) in [6.45, 7) is -4.54. The number of fused-ring (bicyclic) bond motifs is 1. The number of pyridine rings is 1. The standard InChI is InChI=1S/C8H9BrN2O/c9-7-5-11-4-6-3-10-1-2-12-8(6)7/h4-5,10H,1-3H2/i1D2,2D2. The van der Waals surface area contributed by atoms with E-state index < -0.39 is 13.1 Å². The van der Waals surface area contributed by atoms with Crippen LogP contribution < -0.4 is 10.1 Å². The SMILES string of the molecule is [2H]C1([2H])NCc2cncc(Br)c2OC1([2H])[2H]. The Labute approximate surface area is 84.9 Å². The van der Waals surface area contributed by atoms with Crippen LogP contribution in [0.5, 0.6) is 5.75 Å². The maximum atomic E-state index is 7.56. The molecule has 0 aromatic carbocycles. The fourth-order valence-corrected chi connectivity index (χ4v) is 1.41. The van der Waals surface area contributed by atoms with E-state index in [1.807, 2.05) is 0 Å². The number of aromatic nitrogens is 1. The summed E-state index contributed by atoms with van der Waals surface area (Å²) in [6, 6.07) is 0. The van der Waals surface area contributed by atoms with Crippen LogP contribution in [0.25, 0.3) is 0 Å². The van der Waals surface area contributed by atoms with Crippen molar-refractivity contribution < 1.29 is 10.2 Å². The van der Waals surface area contributed by atoms with Gasteiger partial charge in [0.15, 0.2) is 0 Å². The molecule has 0 bridgehead atoms. The Morgan fingerprint density at radius 3 is 3.50 bits per heavy atom. The molecule has 1 N–H and O–H groups in total. The second-order valence-corrected chi connectivity index (χ2v) is 3.15. The van der Waals surface area contributed by atoms with E-state index in [9.17, 15) is 0 Å². The lowest BCUT2D eigenvalue weighted by molar-refractivity contribution is 0.323. The fraction of sp³-hybridized carbons (Fsp3) is 0.375. The predicted octanol–water partition coefficient (Wildman–Crippen LogP) is 1.33. The monoisotopic (exact) mass is 232 g/mol. The van der Waals surface area contributed by atoms with Crippen molar-refractivity contribution in [3.8, 4) is 5.75 Å². The molecular weight excluding hydrogens is 220 g/mol. The molecule has 12 heavy (non-hydrogen) atoms. The van der Waals surface area contributed by atoms with Gasteiger partial charge in [-0.2, -0.15) is 0 Å². The van der Waals surface area contributed by atoms with Gasteiger partial charge in [-0.05, 0) is 15.9 Å². The Hall–Kier alpha value is -0.610. The molecule has 0 radical (unpaired) electrons. The van der Waals surface area contributed by atoms with Crippen molar-refractivity contribution in [2.75, 3.05) is 13.1 Å². The molecule has 0 amide bonds. The van der Waals surface area contributed by atoms with Crippen LogP contribution in [0, 0.1) is 0 Å². The van der Waals surface area contributed by atoms with Gasteiger partial charge in [-0.1, -0.05) is 0 Å². The second kappa shape index (κ2) is 3.41. The van der Waals surface area contributed by atoms with Crippen molar-refractivity contribution in [1.29, 1.82) is 0 Å². The molecule has 1 aromatic heterocycles. The lowest BCUT2D eigenvalue weighted by atomic mass is 10.2. The summed E-state index contributed by atoms with van der Waals surface area (Å²) in [5.41, 5.74) is 0.611. The topological polar surface area (TPSA) is 34.2 Å². The molecule has 3 nitrogen and oxygen atoms in total. The molecule has 0 unspecified atom stereocenters. The van der Waals surface area contributed by atoms with E-state index in [1.54, 1.807) is 0 Å². The fourth-order valence-electron chi connectivity index (χ4n) is 0.956. The van der Waals surface area contributed by atoms with Gasteiger partial charge in [0.1, 0.15) is 12.3 Å². The van der Waals surface area contributed by atoms with Gasteiger partial charge in [0.2, 0.25) is 0 Å². The quantitative estimate of drug-likeness (QED) is 0.733. The summed E-state index contributed by atoms with van der Waals surface area (Å²) in [5.74, 6) is 0.286. The third-order valence-electron chi connectivity index (χ3n) is 1.50. The molecule has 1 aliphatic heterocycles. The maximum absolute atomic E-state index is 7.56. The van der Waals surface area contributed by atoms with E-state index in [4.69, 9.17) is 10.2 Å². The number of nitrogens with zero attached hydrogens (tertiary/aromatic N) is 1. The molecule has 0 atom stereocenters. The molecule has 64 valence electrons. The van der Waals surface area contributed by atoms with Crippen molar-refractivity contribution in [2.45, 2.75) is 6.54 Å². The van der Waals surface area contributed by atoms with Gasteiger partial charge in [-0.25, -0.2) is 0 Å². The largest absolute Gasteiger partial charge is 0.491 e. The maximum Gasteiger partial charge on any atom is 0.141 e. The smallest absolute Gasteiger partial charge is 0.141 e. The molecule has 4 heteroatoms. The number of hydrogen-bond acceptors (Lipinski definition) is 3. The summed E-state index contributed by atoms with van der Waals surface area (Å²) in [6.07, 6.45) is 3.00. The summed E-state index contributed by atoms with van der Waals surface area (Å²) >= 11 is 3.20. The highest BCUT2D eigenvalue weighted by atomic mass is 79.9. The minimum absolute atomic E-state index is 0.161. The van der Waals surface area contributed by atoms with Gasteiger partial charge < -0.3 is 10.1 Å². The number of hydrogen-bond donors (Lipinski definition) is 1. The van der Waals surface area contributed by atoms with Gasteiger partial charge in [-0.15, -0.1) is 0 Å². The molecule has 1 aliphatic rings. The molecule has 0 spiro atoms. The first-order chi connectivity index (χ1) is 7.33. The average molecular weight is 233 g/mol. The molecule has 2 rings (SSSR count). The zero-order valence-corrected chi connectivity index (χ0v) is 7.68. The van der Waals surface area contributed by atoms with Crippen LogP contribution in [0.3, 0.4) is 0 Å². The van der Waals surface area contributed by atoms with Gasteiger partial charge in [0.05, 0.1) is 7.21 Å². The summed E-state index contributed by atoms with van der Waals surface area (Å²) in [4.78, 5) is 3.92. The predicted molar refractivity (Wildman–Crippen MR) is 49.1 cm³/mol. The highest BCUT2D eigenvalue weighted by Crippen LogP contribution is 2.28. The Morgan fingerprint density at radius 1 is 1.67 bits per heavy atom. The van der Waals surface area contributed by atoms with Gasteiger partial charge in [0.25, 0.3) is 0 Å². The van der Waals surface area contributed by atoms with E-state index in [2.05, 4.69) is 26.2 Å². The first kappa shape index (κ1) is 4.58. The Balaban J connectivity index is 2.49. The first-order valence-corrected chi connectivity index (χ1v) is 4.19. The van der Waals surface area contributed by atoms with Gasteiger partial charge >= 0.3 is 0 Å². The van der Waals surface area contributed by atoms with E-state index in [0.29, 0.717) is 10.0 Å². The van der Waals surface area contributed by atoms with Crippen LogP contribution in [0.15, 0.2) is 16.9 Å².